The quantitative estimate of drug-likeness (QED) is 0.540. The van der Waals surface area contributed by atoms with E-state index in [1.807, 2.05) is 41.2 Å². The molecule has 4 aromatic heterocycles. The van der Waals surface area contributed by atoms with Gasteiger partial charge >= 0.3 is 0 Å². The zero-order valence-electron chi connectivity index (χ0n) is 10.9. The summed E-state index contributed by atoms with van der Waals surface area (Å²) in [6, 6.07) is 5.79. The molecule has 0 saturated carbocycles. The Hall–Kier alpha value is -2.53. The van der Waals surface area contributed by atoms with Gasteiger partial charge in [-0.1, -0.05) is 11.6 Å². The molecule has 0 atom stereocenters. The molecule has 0 amide bonds. The smallest absolute Gasteiger partial charge is 0.174 e. The molecule has 6 heteroatoms. The number of imidazole rings is 1. The van der Waals surface area contributed by atoms with Crippen LogP contribution in [0.5, 0.6) is 0 Å². The number of fused-ring (bicyclic) bond motifs is 5. The summed E-state index contributed by atoms with van der Waals surface area (Å²) in [6.45, 7) is 0.877. The van der Waals surface area contributed by atoms with Crippen LogP contribution in [0.1, 0.15) is 0 Å². The zero-order chi connectivity index (χ0) is 14.0. The predicted molar refractivity (Wildman–Crippen MR) is 82.2 cm³/mol. The predicted octanol–water partition coefficient (Wildman–Crippen LogP) is 3.29. The first kappa shape index (κ1) is 11.2. The van der Waals surface area contributed by atoms with E-state index in [0.717, 1.165) is 34.6 Å². The number of aromatic nitrogens is 5. The summed E-state index contributed by atoms with van der Waals surface area (Å²) in [5.74, 6) is 0. The van der Waals surface area contributed by atoms with Crippen molar-refractivity contribution in [1.29, 1.82) is 0 Å². The van der Waals surface area contributed by atoms with Crippen molar-refractivity contribution in [2.75, 3.05) is 0 Å². The van der Waals surface area contributed by atoms with Gasteiger partial charge < -0.3 is 0 Å². The number of allylic oxidation sites excluding steroid dienone is 1. The van der Waals surface area contributed by atoms with E-state index < -0.39 is 0 Å². The van der Waals surface area contributed by atoms with Crippen LogP contribution >= 0.6 is 11.6 Å². The Morgan fingerprint density at radius 2 is 2.10 bits per heavy atom. The summed E-state index contributed by atoms with van der Waals surface area (Å²) in [4.78, 5) is 8.92. The van der Waals surface area contributed by atoms with Crippen LogP contribution in [0.4, 0.5) is 0 Å². The summed E-state index contributed by atoms with van der Waals surface area (Å²) >= 11 is 6.12. The fourth-order valence-corrected chi connectivity index (χ4v) is 3.13. The van der Waals surface area contributed by atoms with Gasteiger partial charge in [0.15, 0.2) is 5.65 Å². The molecule has 0 aromatic carbocycles. The highest BCUT2D eigenvalue weighted by Crippen LogP contribution is 2.32. The van der Waals surface area contributed by atoms with E-state index in [9.17, 15) is 0 Å². The Labute approximate surface area is 124 Å². The Morgan fingerprint density at radius 3 is 3.05 bits per heavy atom. The Kier molecular flexibility index (Phi) is 2.00. The van der Waals surface area contributed by atoms with Crippen molar-refractivity contribution in [3.63, 3.8) is 0 Å². The molecular formula is C15H10ClN5. The van der Waals surface area contributed by atoms with Crippen molar-refractivity contribution in [3.05, 3.63) is 47.9 Å². The van der Waals surface area contributed by atoms with Gasteiger partial charge in [-0.2, -0.15) is 0 Å². The van der Waals surface area contributed by atoms with E-state index in [4.69, 9.17) is 11.6 Å². The second kappa shape index (κ2) is 3.77. The molecular weight excluding hydrogens is 286 g/mol. The van der Waals surface area contributed by atoms with Gasteiger partial charge in [0.2, 0.25) is 0 Å². The molecule has 0 N–H and O–H groups in total. The van der Waals surface area contributed by atoms with Crippen LogP contribution in [0.2, 0.25) is 5.02 Å². The number of nitrogens with zero attached hydrogens (tertiary/aromatic N) is 5. The van der Waals surface area contributed by atoms with Crippen LogP contribution in [0, 0.1) is 0 Å². The zero-order valence-corrected chi connectivity index (χ0v) is 11.7. The molecule has 0 fully saturated rings. The molecule has 5 nitrogen and oxygen atoms in total. The van der Waals surface area contributed by atoms with E-state index in [-0.39, 0.29) is 0 Å². The highest BCUT2D eigenvalue weighted by atomic mass is 35.5. The summed E-state index contributed by atoms with van der Waals surface area (Å²) in [6.07, 6.45) is 9.81. The summed E-state index contributed by atoms with van der Waals surface area (Å²) in [5.41, 5.74) is 5.14. The van der Waals surface area contributed by atoms with Gasteiger partial charge in [-0.05, 0) is 24.3 Å². The molecule has 0 bridgehead atoms. The number of halogens is 1. The third kappa shape index (κ3) is 1.36. The Bertz CT molecular complexity index is 1030. The van der Waals surface area contributed by atoms with Crippen molar-refractivity contribution in [2.45, 2.75) is 6.54 Å². The van der Waals surface area contributed by atoms with Gasteiger partial charge in [0.25, 0.3) is 0 Å². The molecule has 21 heavy (non-hydrogen) atoms. The van der Waals surface area contributed by atoms with Crippen LogP contribution in [0.3, 0.4) is 0 Å². The first-order valence-electron chi connectivity index (χ1n) is 6.68. The lowest BCUT2D eigenvalue weighted by molar-refractivity contribution is 0.654. The average Bonchev–Trinajstić information content (AvgIpc) is 3.07. The molecule has 5 rings (SSSR count). The van der Waals surface area contributed by atoms with Gasteiger partial charge in [-0.25, -0.2) is 9.97 Å². The fourth-order valence-electron chi connectivity index (χ4n) is 2.97. The maximum Gasteiger partial charge on any atom is 0.174 e. The van der Waals surface area contributed by atoms with Crippen molar-refractivity contribution in [2.24, 2.45) is 0 Å². The van der Waals surface area contributed by atoms with Crippen LogP contribution < -0.4 is 0 Å². The molecule has 102 valence electrons. The molecule has 5 heterocycles. The van der Waals surface area contributed by atoms with Gasteiger partial charge in [0.05, 0.1) is 23.5 Å². The summed E-state index contributed by atoms with van der Waals surface area (Å²) in [5, 5.41) is 0.692. The third-order valence-electron chi connectivity index (χ3n) is 3.91. The highest BCUT2D eigenvalue weighted by Gasteiger charge is 2.21. The minimum absolute atomic E-state index is 0.692. The van der Waals surface area contributed by atoms with Crippen LogP contribution in [-0.4, -0.2) is 23.7 Å². The largest absolute Gasteiger partial charge is 0.298 e. The number of hydrogen-bond acceptors (Lipinski definition) is 2. The first-order valence-corrected chi connectivity index (χ1v) is 7.06. The lowest BCUT2D eigenvalue weighted by atomic mass is 10.1. The minimum atomic E-state index is 0.692. The molecule has 0 unspecified atom stereocenters. The van der Waals surface area contributed by atoms with E-state index in [2.05, 4.69) is 31.6 Å². The Morgan fingerprint density at radius 1 is 1.14 bits per heavy atom. The summed E-state index contributed by atoms with van der Waals surface area (Å²) < 4.78 is 6.27. The second-order valence-corrected chi connectivity index (χ2v) is 5.50. The minimum Gasteiger partial charge on any atom is -0.298 e. The SMILES string of the molecule is Clc1ccc2ncc(-c3ccnc4c3n3n4CC=C3)n2c1. The lowest BCUT2D eigenvalue weighted by Crippen LogP contribution is -2.17. The molecule has 0 radical (unpaired) electrons. The maximum atomic E-state index is 6.12. The van der Waals surface area contributed by atoms with Crippen LogP contribution in [0.25, 0.3) is 34.3 Å². The van der Waals surface area contributed by atoms with E-state index >= 15 is 0 Å². The number of hydrogen-bond donors (Lipinski definition) is 0. The molecule has 0 spiro atoms. The third-order valence-corrected chi connectivity index (χ3v) is 4.13. The van der Waals surface area contributed by atoms with Crippen molar-refractivity contribution in [1.82, 2.24) is 23.7 Å². The first-order chi connectivity index (χ1) is 10.3. The highest BCUT2D eigenvalue weighted by molar-refractivity contribution is 6.30. The summed E-state index contributed by atoms with van der Waals surface area (Å²) in [7, 11) is 0. The lowest BCUT2D eigenvalue weighted by Gasteiger charge is -2.20. The molecule has 1 aliphatic rings. The van der Waals surface area contributed by atoms with Crippen LogP contribution in [0.15, 0.2) is 42.9 Å². The van der Waals surface area contributed by atoms with E-state index in [0.29, 0.717) is 5.02 Å². The molecule has 4 aromatic rings. The fraction of sp³-hybridized carbons (Fsp3) is 0.0667. The molecule has 0 aliphatic carbocycles. The van der Waals surface area contributed by atoms with Crippen molar-refractivity contribution >= 4 is 34.6 Å². The van der Waals surface area contributed by atoms with Gasteiger partial charge in [-0.3, -0.25) is 13.8 Å². The van der Waals surface area contributed by atoms with Crippen molar-refractivity contribution in [3.8, 4) is 11.3 Å². The topological polar surface area (TPSA) is 40.0 Å². The molecule has 1 aliphatic heterocycles. The van der Waals surface area contributed by atoms with Gasteiger partial charge in [-0.15, -0.1) is 0 Å². The van der Waals surface area contributed by atoms with E-state index in [1.165, 1.54) is 0 Å². The van der Waals surface area contributed by atoms with E-state index in [1.54, 1.807) is 0 Å². The number of rotatable bonds is 1. The normalized spacial score (nSPS) is 13.6. The maximum absolute atomic E-state index is 6.12. The molecule has 0 saturated heterocycles. The Balaban J connectivity index is 1.86. The monoisotopic (exact) mass is 295 g/mol. The van der Waals surface area contributed by atoms with Crippen LogP contribution in [-0.2, 0) is 6.54 Å². The standard InChI is InChI=1S/C15H10ClN5/c16-10-2-3-13-18-8-12(19(13)9-10)11-4-5-17-15-14(11)20-6-1-7-21(15)20/h1-6,8-9H,7H2. The number of pyridine rings is 2. The average molecular weight is 296 g/mol. The van der Waals surface area contributed by atoms with Gasteiger partial charge in [0.1, 0.15) is 11.2 Å². The second-order valence-electron chi connectivity index (χ2n) is 5.06. The van der Waals surface area contributed by atoms with Gasteiger partial charge in [0, 0.05) is 24.2 Å². The van der Waals surface area contributed by atoms with Crippen molar-refractivity contribution < 1.29 is 0 Å².